The van der Waals surface area contributed by atoms with E-state index < -0.39 is 0 Å². The Bertz CT molecular complexity index is 447. The predicted molar refractivity (Wildman–Crippen MR) is 84.8 cm³/mol. The van der Waals surface area contributed by atoms with Crippen molar-refractivity contribution in [2.75, 3.05) is 13.2 Å². The fourth-order valence-corrected chi connectivity index (χ4v) is 2.25. The normalized spacial score (nSPS) is 12.3. The smallest absolute Gasteiger partial charge is 0.257 e. The molecule has 0 aliphatic rings. The van der Waals surface area contributed by atoms with Gasteiger partial charge < -0.3 is 15.8 Å². The molecule has 0 saturated carbocycles. The van der Waals surface area contributed by atoms with Gasteiger partial charge in [0.1, 0.15) is 5.75 Å². The second-order valence-corrected chi connectivity index (χ2v) is 6.25. The van der Waals surface area contributed by atoms with Crippen LogP contribution in [0.5, 0.6) is 5.75 Å². The number of rotatable bonds is 7. The molecule has 1 atom stereocenters. The molecule has 1 unspecified atom stereocenters. The van der Waals surface area contributed by atoms with Gasteiger partial charge >= 0.3 is 0 Å². The highest BCUT2D eigenvalue weighted by Crippen LogP contribution is 2.29. The summed E-state index contributed by atoms with van der Waals surface area (Å²) in [5, 5.41) is 2.83. The Labute approximate surface area is 129 Å². The van der Waals surface area contributed by atoms with Gasteiger partial charge in [0.15, 0.2) is 6.61 Å². The molecule has 5 heteroatoms. The number of carbonyl (C=O) groups excluding carboxylic acids is 1. The summed E-state index contributed by atoms with van der Waals surface area (Å²) in [6, 6.07) is 5.84. The number of amides is 1. The number of ether oxygens (including phenoxy) is 1. The van der Waals surface area contributed by atoms with E-state index in [0.29, 0.717) is 24.6 Å². The summed E-state index contributed by atoms with van der Waals surface area (Å²) in [5.41, 5.74) is 6.84. The van der Waals surface area contributed by atoms with Gasteiger partial charge in [0.2, 0.25) is 0 Å². The zero-order chi connectivity index (χ0) is 15.1. The zero-order valence-corrected chi connectivity index (χ0v) is 13.9. The minimum absolute atomic E-state index is 0.0152. The Balaban J connectivity index is 2.64. The van der Waals surface area contributed by atoms with E-state index in [0.717, 1.165) is 10.0 Å². The number of nitrogens with one attached hydrogen (secondary N) is 1. The van der Waals surface area contributed by atoms with Crippen LogP contribution in [0.4, 0.5) is 0 Å². The summed E-state index contributed by atoms with van der Waals surface area (Å²) < 4.78 is 6.49. The van der Waals surface area contributed by atoms with Crippen molar-refractivity contribution in [1.82, 2.24) is 5.32 Å². The highest BCUT2D eigenvalue weighted by atomic mass is 79.9. The van der Waals surface area contributed by atoms with Gasteiger partial charge in [-0.3, -0.25) is 4.79 Å². The molecule has 0 spiro atoms. The van der Waals surface area contributed by atoms with Crippen molar-refractivity contribution in [3.05, 3.63) is 28.2 Å². The molecule has 1 aromatic carbocycles. The summed E-state index contributed by atoms with van der Waals surface area (Å²) in [6.07, 6.45) is 0.711. The van der Waals surface area contributed by atoms with Crippen LogP contribution in [0.1, 0.15) is 26.3 Å². The second-order valence-electron chi connectivity index (χ2n) is 5.40. The Kier molecular flexibility index (Phi) is 7.02. The highest BCUT2D eigenvalue weighted by molar-refractivity contribution is 9.10. The quantitative estimate of drug-likeness (QED) is 0.800. The maximum atomic E-state index is 11.7. The minimum Gasteiger partial charge on any atom is -0.482 e. The average molecular weight is 343 g/mol. The van der Waals surface area contributed by atoms with E-state index in [9.17, 15) is 4.79 Å². The molecule has 0 aliphatic heterocycles. The Hall–Kier alpha value is -1.07. The number of halogens is 1. The maximum absolute atomic E-state index is 11.7. The van der Waals surface area contributed by atoms with E-state index in [-0.39, 0.29) is 18.6 Å². The first-order valence-corrected chi connectivity index (χ1v) is 7.62. The molecular formula is C15H23BrN2O2. The van der Waals surface area contributed by atoms with E-state index in [1.807, 2.05) is 25.1 Å². The van der Waals surface area contributed by atoms with Gasteiger partial charge in [-0.25, -0.2) is 0 Å². The van der Waals surface area contributed by atoms with E-state index in [2.05, 4.69) is 35.1 Å². The van der Waals surface area contributed by atoms with Crippen LogP contribution >= 0.6 is 15.9 Å². The molecule has 0 heterocycles. The number of nitrogens with two attached hydrogens (primary N) is 1. The summed E-state index contributed by atoms with van der Waals surface area (Å²) in [7, 11) is 0. The lowest BCUT2D eigenvalue weighted by molar-refractivity contribution is -0.123. The zero-order valence-electron chi connectivity index (χ0n) is 12.3. The van der Waals surface area contributed by atoms with E-state index in [4.69, 9.17) is 10.5 Å². The fraction of sp³-hybridized carbons (Fsp3) is 0.533. The van der Waals surface area contributed by atoms with Crippen molar-refractivity contribution >= 4 is 21.8 Å². The van der Waals surface area contributed by atoms with Crippen molar-refractivity contribution in [2.45, 2.75) is 33.2 Å². The van der Waals surface area contributed by atoms with Crippen molar-refractivity contribution in [3.63, 3.8) is 0 Å². The lowest BCUT2D eigenvalue weighted by Crippen LogP contribution is -2.32. The SMILES string of the molecule is CC(C)CNC(=O)COc1c(Br)cccc1CC(C)N. The third kappa shape index (κ3) is 5.92. The summed E-state index contributed by atoms with van der Waals surface area (Å²) in [4.78, 5) is 11.7. The van der Waals surface area contributed by atoms with Gasteiger partial charge in [-0.05, 0) is 46.8 Å². The molecule has 1 aromatic rings. The molecule has 1 rings (SSSR count). The Morgan fingerprint density at radius 2 is 2.10 bits per heavy atom. The van der Waals surface area contributed by atoms with Crippen LogP contribution in [0.2, 0.25) is 0 Å². The molecule has 0 saturated heterocycles. The van der Waals surface area contributed by atoms with Crippen LogP contribution in [0, 0.1) is 5.92 Å². The van der Waals surface area contributed by atoms with Gasteiger partial charge in [-0.2, -0.15) is 0 Å². The molecule has 0 bridgehead atoms. The molecule has 0 aliphatic carbocycles. The van der Waals surface area contributed by atoms with Gasteiger partial charge in [-0.1, -0.05) is 26.0 Å². The Morgan fingerprint density at radius 1 is 1.40 bits per heavy atom. The third-order valence-corrected chi connectivity index (χ3v) is 3.27. The molecular weight excluding hydrogens is 320 g/mol. The first-order valence-electron chi connectivity index (χ1n) is 6.82. The molecule has 20 heavy (non-hydrogen) atoms. The summed E-state index contributed by atoms with van der Waals surface area (Å²) in [6.45, 7) is 6.72. The van der Waals surface area contributed by atoms with Crippen LogP contribution in [-0.4, -0.2) is 25.1 Å². The standard InChI is InChI=1S/C15H23BrN2O2/c1-10(2)8-18-14(19)9-20-15-12(7-11(3)17)5-4-6-13(15)16/h4-6,10-11H,7-9,17H2,1-3H3,(H,18,19). The minimum atomic E-state index is -0.110. The molecule has 0 aromatic heterocycles. The predicted octanol–water partition coefficient (Wildman–Crippen LogP) is 2.49. The topological polar surface area (TPSA) is 64.3 Å². The van der Waals surface area contributed by atoms with Crippen LogP contribution in [0.15, 0.2) is 22.7 Å². The third-order valence-electron chi connectivity index (χ3n) is 2.65. The van der Waals surface area contributed by atoms with Gasteiger partial charge in [0.05, 0.1) is 4.47 Å². The molecule has 1 amide bonds. The van der Waals surface area contributed by atoms with Gasteiger partial charge in [-0.15, -0.1) is 0 Å². The molecule has 0 fully saturated rings. The summed E-state index contributed by atoms with van der Waals surface area (Å²) in [5.74, 6) is 1.02. The number of benzene rings is 1. The fourth-order valence-electron chi connectivity index (χ4n) is 1.73. The van der Waals surface area contributed by atoms with Crippen LogP contribution in [-0.2, 0) is 11.2 Å². The van der Waals surface area contributed by atoms with Crippen molar-refractivity contribution < 1.29 is 9.53 Å². The van der Waals surface area contributed by atoms with E-state index in [1.54, 1.807) is 0 Å². The lowest BCUT2D eigenvalue weighted by atomic mass is 10.1. The number of hydrogen-bond acceptors (Lipinski definition) is 3. The van der Waals surface area contributed by atoms with Crippen LogP contribution < -0.4 is 15.8 Å². The second kappa shape index (κ2) is 8.27. The number of carbonyl (C=O) groups is 1. The van der Waals surface area contributed by atoms with Crippen molar-refractivity contribution in [1.29, 1.82) is 0 Å². The monoisotopic (exact) mass is 342 g/mol. The van der Waals surface area contributed by atoms with E-state index >= 15 is 0 Å². The first kappa shape index (κ1) is 17.0. The maximum Gasteiger partial charge on any atom is 0.257 e. The summed E-state index contributed by atoms with van der Waals surface area (Å²) >= 11 is 3.45. The molecule has 4 nitrogen and oxygen atoms in total. The van der Waals surface area contributed by atoms with Crippen molar-refractivity contribution in [3.8, 4) is 5.75 Å². The number of hydrogen-bond donors (Lipinski definition) is 2. The van der Waals surface area contributed by atoms with Gasteiger partial charge in [0.25, 0.3) is 5.91 Å². The molecule has 3 N–H and O–H groups in total. The molecule has 0 radical (unpaired) electrons. The largest absolute Gasteiger partial charge is 0.482 e. The van der Waals surface area contributed by atoms with E-state index in [1.165, 1.54) is 0 Å². The average Bonchev–Trinajstić information content (AvgIpc) is 2.35. The van der Waals surface area contributed by atoms with Crippen LogP contribution in [0.3, 0.4) is 0 Å². The van der Waals surface area contributed by atoms with Crippen molar-refractivity contribution in [2.24, 2.45) is 11.7 Å². The highest BCUT2D eigenvalue weighted by Gasteiger charge is 2.12. The number of para-hydroxylation sites is 1. The van der Waals surface area contributed by atoms with Crippen LogP contribution in [0.25, 0.3) is 0 Å². The lowest BCUT2D eigenvalue weighted by Gasteiger charge is -2.15. The Morgan fingerprint density at radius 3 is 2.70 bits per heavy atom. The van der Waals surface area contributed by atoms with Gasteiger partial charge in [0, 0.05) is 12.6 Å². The molecule has 112 valence electrons. The first-order chi connectivity index (χ1) is 9.40.